The van der Waals surface area contributed by atoms with E-state index >= 15 is 0 Å². The van der Waals surface area contributed by atoms with Gasteiger partial charge in [0, 0.05) is 15.5 Å². The van der Waals surface area contributed by atoms with E-state index in [4.69, 9.17) is 17.3 Å². The van der Waals surface area contributed by atoms with Crippen LogP contribution in [-0.4, -0.2) is 11.8 Å². The maximum absolute atomic E-state index is 13.8. The molecule has 1 aromatic heterocycles. The molecule has 0 fully saturated rings. The fraction of sp³-hybridized carbons (Fsp3) is 0.294. The number of aryl methyl sites for hydroxylation is 1. The number of carbonyl (C=O) groups is 2. The smallest absolute Gasteiger partial charge is 0.251 e. The first-order chi connectivity index (χ1) is 11.5. The summed E-state index contributed by atoms with van der Waals surface area (Å²) in [5.74, 6) is -1.50. The number of thiophene rings is 1. The predicted octanol–water partition coefficient (Wildman–Crippen LogP) is 3.70. The number of hydrogen-bond donors (Lipinski definition) is 2. The SMILES string of the molecule is NC(=O)c1c(NC(=O)Cc2c(F)cccc2Cl)sc2c1CCCC2. The summed E-state index contributed by atoms with van der Waals surface area (Å²) < 4.78 is 13.8. The quantitative estimate of drug-likeness (QED) is 0.865. The van der Waals surface area contributed by atoms with Crippen LogP contribution in [0.3, 0.4) is 0 Å². The highest BCUT2D eigenvalue weighted by molar-refractivity contribution is 7.17. The van der Waals surface area contributed by atoms with Crippen LogP contribution in [0.4, 0.5) is 9.39 Å². The van der Waals surface area contributed by atoms with Gasteiger partial charge in [-0.25, -0.2) is 4.39 Å². The molecule has 0 spiro atoms. The Balaban J connectivity index is 1.84. The average Bonchev–Trinajstić information content (AvgIpc) is 2.89. The van der Waals surface area contributed by atoms with E-state index in [-0.39, 0.29) is 17.0 Å². The fourth-order valence-electron chi connectivity index (χ4n) is 2.95. The van der Waals surface area contributed by atoms with Gasteiger partial charge in [0.1, 0.15) is 10.8 Å². The lowest BCUT2D eigenvalue weighted by Crippen LogP contribution is -2.20. The summed E-state index contributed by atoms with van der Waals surface area (Å²) in [6.07, 6.45) is 3.53. The van der Waals surface area contributed by atoms with E-state index in [1.165, 1.54) is 29.5 Å². The molecular formula is C17H16ClFN2O2S. The van der Waals surface area contributed by atoms with Crippen molar-refractivity contribution in [3.05, 3.63) is 50.6 Å². The first-order valence-corrected chi connectivity index (χ1v) is 8.84. The Morgan fingerprint density at radius 1 is 1.29 bits per heavy atom. The molecule has 0 aliphatic heterocycles. The van der Waals surface area contributed by atoms with Crippen molar-refractivity contribution in [2.24, 2.45) is 5.73 Å². The summed E-state index contributed by atoms with van der Waals surface area (Å²) in [4.78, 5) is 25.2. The molecule has 3 rings (SSSR count). The molecule has 0 atom stereocenters. The molecule has 126 valence electrons. The monoisotopic (exact) mass is 366 g/mol. The highest BCUT2D eigenvalue weighted by atomic mass is 35.5. The van der Waals surface area contributed by atoms with Crippen LogP contribution in [0, 0.1) is 5.82 Å². The zero-order chi connectivity index (χ0) is 17.3. The van der Waals surface area contributed by atoms with Crippen molar-refractivity contribution in [1.82, 2.24) is 0 Å². The lowest BCUT2D eigenvalue weighted by atomic mass is 9.95. The predicted molar refractivity (Wildman–Crippen MR) is 93.2 cm³/mol. The second kappa shape index (κ2) is 6.91. The van der Waals surface area contributed by atoms with Gasteiger partial charge in [0.25, 0.3) is 5.91 Å². The van der Waals surface area contributed by atoms with Crippen LogP contribution in [0.5, 0.6) is 0 Å². The Labute approximate surface area is 147 Å². The number of halogens is 2. The number of rotatable bonds is 4. The summed E-state index contributed by atoms with van der Waals surface area (Å²) in [7, 11) is 0. The van der Waals surface area contributed by atoms with E-state index in [0.29, 0.717) is 10.6 Å². The Morgan fingerprint density at radius 2 is 2.04 bits per heavy atom. The number of nitrogens with one attached hydrogen (secondary N) is 1. The number of anilines is 1. The van der Waals surface area contributed by atoms with Gasteiger partial charge in [-0.3, -0.25) is 9.59 Å². The molecule has 0 radical (unpaired) electrons. The van der Waals surface area contributed by atoms with Gasteiger partial charge < -0.3 is 11.1 Å². The van der Waals surface area contributed by atoms with Crippen molar-refractivity contribution in [3.63, 3.8) is 0 Å². The fourth-order valence-corrected chi connectivity index (χ4v) is 4.49. The molecule has 2 aromatic rings. The first-order valence-electron chi connectivity index (χ1n) is 7.64. The molecule has 3 N–H and O–H groups in total. The largest absolute Gasteiger partial charge is 0.365 e. The minimum atomic E-state index is -0.548. The summed E-state index contributed by atoms with van der Waals surface area (Å²) in [6.45, 7) is 0. The number of primary amides is 1. The molecule has 1 heterocycles. The normalized spacial score (nSPS) is 13.4. The van der Waals surface area contributed by atoms with Crippen LogP contribution in [0.2, 0.25) is 5.02 Å². The van der Waals surface area contributed by atoms with Gasteiger partial charge in [0.05, 0.1) is 12.0 Å². The number of nitrogens with two attached hydrogens (primary N) is 1. The summed E-state index contributed by atoms with van der Waals surface area (Å²) in [5.41, 5.74) is 6.97. The third-order valence-corrected chi connectivity index (χ3v) is 5.63. The van der Waals surface area contributed by atoms with Gasteiger partial charge in [-0.05, 0) is 43.4 Å². The average molecular weight is 367 g/mol. The summed E-state index contributed by atoms with van der Waals surface area (Å²) >= 11 is 7.33. The number of amides is 2. The third kappa shape index (κ3) is 3.30. The molecule has 2 amide bonds. The number of carbonyl (C=O) groups excluding carboxylic acids is 2. The van der Waals surface area contributed by atoms with Crippen LogP contribution in [-0.2, 0) is 24.1 Å². The maximum Gasteiger partial charge on any atom is 0.251 e. The van der Waals surface area contributed by atoms with Crippen molar-refractivity contribution in [2.45, 2.75) is 32.1 Å². The van der Waals surface area contributed by atoms with Crippen molar-refractivity contribution >= 4 is 39.8 Å². The van der Waals surface area contributed by atoms with Gasteiger partial charge in [0.15, 0.2) is 0 Å². The molecule has 0 saturated carbocycles. The zero-order valence-electron chi connectivity index (χ0n) is 12.8. The minimum Gasteiger partial charge on any atom is -0.365 e. The van der Waals surface area contributed by atoms with E-state index in [0.717, 1.165) is 36.1 Å². The van der Waals surface area contributed by atoms with E-state index in [1.54, 1.807) is 0 Å². The maximum atomic E-state index is 13.8. The Morgan fingerprint density at radius 3 is 2.75 bits per heavy atom. The lowest BCUT2D eigenvalue weighted by Gasteiger charge is -2.11. The zero-order valence-corrected chi connectivity index (χ0v) is 14.4. The highest BCUT2D eigenvalue weighted by Crippen LogP contribution is 2.38. The van der Waals surface area contributed by atoms with Gasteiger partial charge in [-0.1, -0.05) is 17.7 Å². The van der Waals surface area contributed by atoms with Crippen LogP contribution < -0.4 is 11.1 Å². The second-order valence-electron chi connectivity index (χ2n) is 5.70. The van der Waals surface area contributed by atoms with Gasteiger partial charge in [-0.2, -0.15) is 0 Å². The van der Waals surface area contributed by atoms with Crippen molar-refractivity contribution in [3.8, 4) is 0 Å². The molecule has 0 bridgehead atoms. The Bertz CT molecular complexity index is 799. The molecule has 4 nitrogen and oxygen atoms in total. The molecule has 0 unspecified atom stereocenters. The molecule has 7 heteroatoms. The Hall–Kier alpha value is -1.92. The first kappa shape index (κ1) is 16.9. The lowest BCUT2D eigenvalue weighted by molar-refractivity contribution is -0.115. The molecule has 0 saturated heterocycles. The highest BCUT2D eigenvalue weighted by Gasteiger charge is 2.25. The molecule has 1 aliphatic rings. The van der Waals surface area contributed by atoms with E-state index in [1.807, 2.05) is 0 Å². The van der Waals surface area contributed by atoms with E-state index < -0.39 is 17.6 Å². The van der Waals surface area contributed by atoms with Gasteiger partial charge >= 0.3 is 0 Å². The molecule has 1 aliphatic carbocycles. The number of benzene rings is 1. The van der Waals surface area contributed by atoms with Crippen LogP contribution >= 0.6 is 22.9 Å². The van der Waals surface area contributed by atoms with E-state index in [2.05, 4.69) is 5.32 Å². The van der Waals surface area contributed by atoms with E-state index in [9.17, 15) is 14.0 Å². The van der Waals surface area contributed by atoms with Crippen LogP contribution in [0.15, 0.2) is 18.2 Å². The van der Waals surface area contributed by atoms with Crippen molar-refractivity contribution in [1.29, 1.82) is 0 Å². The standard InChI is InChI=1S/C17H16ClFN2O2S/c18-11-5-3-6-12(19)10(11)8-14(22)21-17-15(16(20)23)9-4-1-2-7-13(9)24-17/h3,5-6H,1-2,4,7-8H2,(H2,20,23)(H,21,22). The Kier molecular flexibility index (Phi) is 4.87. The van der Waals surface area contributed by atoms with Crippen LogP contribution in [0.1, 0.15) is 39.2 Å². The molecule has 1 aromatic carbocycles. The number of fused-ring (bicyclic) bond motifs is 1. The van der Waals surface area contributed by atoms with Crippen molar-refractivity contribution in [2.75, 3.05) is 5.32 Å². The molecular weight excluding hydrogens is 351 g/mol. The summed E-state index contributed by atoms with van der Waals surface area (Å²) in [5, 5.41) is 3.36. The van der Waals surface area contributed by atoms with Gasteiger partial charge in [-0.15, -0.1) is 11.3 Å². The topological polar surface area (TPSA) is 72.2 Å². The molecule has 24 heavy (non-hydrogen) atoms. The third-order valence-electron chi connectivity index (χ3n) is 4.07. The number of hydrogen-bond acceptors (Lipinski definition) is 3. The van der Waals surface area contributed by atoms with Crippen molar-refractivity contribution < 1.29 is 14.0 Å². The van der Waals surface area contributed by atoms with Crippen LogP contribution in [0.25, 0.3) is 0 Å². The van der Waals surface area contributed by atoms with Gasteiger partial charge in [0.2, 0.25) is 5.91 Å². The minimum absolute atomic E-state index is 0.138. The second-order valence-corrected chi connectivity index (χ2v) is 7.22. The summed E-state index contributed by atoms with van der Waals surface area (Å²) in [6, 6.07) is 4.27.